The number of phenolic OH excluding ortho intramolecular Hbond substituents is 1. The van der Waals surface area contributed by atoms with Crippen LogP contribution in [0.3, 0.4) is 0 Å². The van der Waals surface area contributed by atoms with Crippen LogP contribution in [0.4, 0.5) is 5.69 Å². The van der Waals surface area contributed by atoms with E-state index in [1.54, 1.807) is 12.1 Å². The van der Waals surface area contributed by atoms with Crippen LogP contribution >= 0.6 is 0 Å². The minimum absolute atomic E-state index is 0.311. The van der Waals surface area contributed by atoms with Gasteiger partial charge < -0.3 is 10.4 Å². The minimum atomic E-state index is 0.311. The molecule has 0 unspecified atom stereocenters. The summed E-state index contributed by atoms with van der Waals surface area (Å²) in [5, 5.41) is 14.8. The van der Waals surface area contributed by atoms with Gasteiger partial charge in [-0.05, 0) is 42.0 Å². The number of phenols is 1. The largest absolute Gasteiger partial charge is 0.508 e. The van der Waals surface area contributed by atoms with Gasteiger partial charge in [0.1, 0.15) is 5.75 Å². The van der Waals surface area contributed by atoms with Crippen LogP contribution < -0.4 is 5.32 Å². The molecule has 0 aromatic heterocycles. The lowest BCUT2D eigenvalue weighted by Gasteiger charge is -2.04. The zero-order valence-corrected chi connectivity index (χ0v) is 8.12. The van der Waals surface area contributed by atoms with Crippen molar-refractivity contribution >= 4 is 16.5 Å². The number of aromatic hydroxyl groups is 1. The third-order valence-electron chi connectivity index (χ3n) is 2.20. The van der Waals surface area contributed by atoms with Gasteiger partial charge in [0.25, 0.3) is 0 Å². The molecule has 0 aliphatic heterocycles. The molecule has 2 aromatic carbocycles. The molecule has 0 spiro atoms. The maximum Gasteiger partial charge on any atom is 0.116 e. The summed E-state index contributed by atoms with van der Waals surface area (Å²) >= 11 is 0. The van der Waals surface area contributed by atoms with Crippen LogP contribution in [0.5, 0.6) is 5.75 Å². The van der Waals surface area contributed by atoms with Crippen molar-refractivity contribution in [3.05, 3.63) is 36.4 Å². The van der Waals surface area contributed by atoms with Crippen molar-refractivity contribution in [3.8, 4) is 5.75 Å². The van der Waals surface area contributed by atoms with Gasteiger partial charge in [-0.2, -0.15) is 0 Å². The maximum atomic E-state index is 9.33. The van der Waals surface area contributed by atoms with Crippen molar-refractivity contribution in [3.63, 3.8) is 0 Å². The average Bonchev–Trinajstić information content (AvgIpc) is 2.17. The summed E-state index contributed by atoms with van der Waals surface area (Å²) in [6.07, 6.45) is 0. The molecule has 0 bridgehead atoms. The summed E-state index contributed by atoms with van der Waals surface area (Å²) in [6.45, 7) is 2.97. The fourth-order valence-corrected chi connectivity index (χ4v) is 1.55. The number of anilines is 1. The summed E-state index contributed by atoms with van der Waals surface area (Å²) in [7, 11) is 0. The van der Waals surface area contributed by atoms with Crippen LogP contribution in [0, 0.1) is 0 Å². The van der Waals surface area contributed by atoms with Gasteiger partial charge in [-0.25, -0.2) is 0 Å². The Balaban J connectivity index is 2.52. The van der Waals surface area contributed by atoms with E-state index in [9.17, 15) is 5.11 Å². The molecule has 72 valence electrons. The third kappa shape index (κ3) is 1.64. The molecule has 2 heteroatoms. The predicted molar refractivity (Wildman–Crippen MR) is 59.8 cm³/mol. The first-order chi connectivity index (χ1) is 6.79. The van der Waals surface area contributed by atoms with Crippen molar-refractivity contribution in [1.82, 2.24) is 0 Å². The third-order valence-corrected chi connectivity index (χ3v) is 2.20. The highest BCUT2D eigenvalue weighted by molar-refractivity contribution is 5.86. The quantitative estimate of drug-likeness (QED) is 0.757. The van der Waals surface area contributed by atoms with Crippen molar-refractivity contribution in [2.24, 2.45) is 0 Å². The van der Waals surface area contributed by atoms with Gasteiger partial charge in [0.15, 0.2) is 0 Å². The van der Waals surface area contributed by atoms with Crippen LogP contribution in [0.2, 0.25) is 0 Å². The molecular weight excluding hydrogens is 174 g/mol. The summed E-state index contributed by atoms with van der Waals surface area (Å²) < 4.78 is 0. The molecule has 0 aliphatic carbocycles. The number of fused-ring (bicyclic) bond motifs is 1. The smallest absolute Gasteiger partial charge is 0.116 e. The fourth-order valence-electron chi connectivity index (χ4n) is 1.55. The van der Waals surface area contributed by atoms with Gasteiger partial charge in [0.2, 0.25) is 0 Å². The lowest BCUT2D eigenvalue weighted by atomic mass is 10.1. The maximum absolute atomic E-state index is 9.33. The van der Waals surface area contributed by atoms with Crippen molar-refractivity contribution in [2.45, 2.75) is 6.92 Å². The first-order valence-corrected chi connectivity index (χ1v) is 4.76. The molecule has 14 heavy (non-hydrogen) atoms. The molecule has 2 nitrogen and oxygen atoms in total. The van der Waals surface area contributed by atoms with Gasteiger partial charge in [-0.15, -0.1) is 0 Å². The predicted octanol–water partition coefficient (Wildman–Crippen LogP) is 2.98. The molecule has 0 fully saturated rings. The minimum Gasteiger partial charge on any atom is -0.508 e. The van der Waals surface area contributed by atoms with Crippen LogP contribution in [0.15, 0.2) is 36.4 Å². The highest BCUT2D eigenvalue weighted by Gasteiger charge is 1.96. The molecule has 0 radical (unpaired) electrons. The van der Waals surface area contributed by atoms with Crippen molar-refractivity contribution < 1.29 is 5.11 Å². The number of rotatable bonds is 2. The Morgan fingerprint density at radius 2 is 1.86 bits per heavy atom. The highest BCUT2D eigenvalue weighted by atomic mass is 16.3. The zero-order valence-electron chi connectivity index (χ0n) is 8.12. The second kappa shape index (κ2) is 3.58. The van der Waals surface area contributed by atoms with Gasteiger partial charge in [0, 0.05) is 12.2 Å². The second-order valence-electron chi connectivity index (χ2n) is 3.28. The lowest BCUT2D eigenvalue weighted by Crippen LogP contribution is -1.95. The van der Waals surface area contributed by atoms with Crippen LogP contribution in [-0.2, 0) is 0 Å². The van der Waals surface area contributed by atoms with Gasteiger partial charge in [-0.1, -0.05) is 12.1 Å². The number of hydrogen-bond acceptors (Lipinski definition) is 2. The van der Waals surface area contributed by atoms with E-state index in [4.69, 9.17) is 0 Å². The molecule has 0 atom stereocenters. The van der Waals surface area contributed by atoms with Gasteiger partial charge in [-0.3, -0.25) is 0 Å². The standard InChI is InChI=1S/C12H13NO/c1-2-13-11-5-3-9-4-6-12(14)8-10(9)7-11/h3-8,13-14H,2H2,1H3. The first-order valence-electron chi connectivity index (χ1n) is 4.76. The number of nitrogens with one attached hydrogen (secondary N) is 1. The molecule has 2 aromatic rings. The molecule has 0 saturated heterocycles. The van der Waals surface area contributed by atoms with Crippen molar-refractivity contribution in [1.29, 1.82) is 0 Å². The zero-order chi connectivity index (χ0) is 9.97. The summed E-state index contributed by atoms with van der Waals surface area (Å²) in [5.41, 5.74) is 1.09. The highest BCUT2D eigenvalue weighted by Crippen LogP contribution is 2.22. The van der Waals surface area contributed by atoms with E-state index < -0.39 is 0 Å². The van der Waals surface area contributed by atoms with Crippen LogP contribution in [0.1, 0.15) is 6.92 Å². The van der Waals surface area contributed by atoms with E-state index >= 15 is 0 Å². The van der Waals surface area contributed by atoms with Crippen molar-refractivity contribution in [2.75, 3.05) is 11.9 Å². The molecule has 0 amide bonds. The summed E-state index contributed by atoms with van der Waals surface area (Å²) in [4.78, 5) is 0. The van der Waals surface area contributed by atoms with Crippen LogP contribution in [0.25, 0.3) is 10.8 Å². The average molecular weight is 187 g/mol. The van der Waals surface area contributed by atoms with E-state index in [0.717, 1.165) is 23.0 Å². The van der Waals surface area contributed by atoms with Gasteiger partial charge >= 0.3 is 0 Å². The molecular formula is C12H13NO. The SMILES string of the molecule is CCNc1ccc2ccc(O)cc2c1. The molecule has 2 rings (SSSR count). The number of benzene rings is 2. The second-order valence-corrected chi connectivity index (χ2v) is 3.28. The van der Waals surface area contributed by atoms with E-state index in [-0.39, 0.29) is 0 Å². The summed E-state index contributed by atoms with van der Waals surface area (Å²) in [6, 6.07) is 11.5. The molecule has 0 saturated carbocycles. The van der Waals surface area contributed by atoms with E-state index in [1.807, 2.05) is 24.3 Å². The topological polar surface area (TPSA) is 32.3 Å². The van der Waals surface area contributed by atoms with E-state index in [0.29, 0.717) is 5.75 Å². The molecule has 0 heterocycles. The fraction of sp³-hybridized carbons (Fsp3) is 0.167. The monoisotopic (exact) mass is 187 g/mol. The summed E-state index contributed by atoms with van der Waals surface area (Å²) in [5.74, 6) is 0.311. The number of hydrogen-bond donors (Lipinski definition) is 2. The van der Waals surface area contributed by atoms with E-state index in [1.165, 1.54) is 0 Å². The Labute approximate surface area is 83.2 Å². The Morgan fingerprint density at radius 1 is 1.07 bits per heavy atom. The Morgan fingerprint density at radius 3 is 2.64 bits per heavy atom. The lowest BCUT2D eigenvalue weighted by molar-refractivity contribution is 0.476. The normalized spacial score (nSPS) is 10.4. The van der Waals surface area contributed by atoms with E-state index in [2.05, 4.69) is 12.2 Å². The Bertz CT molecular complexity index is 451. The Hall–Kier alpha value is -1.70. The molecule has 0 aliphatic rings. The van der Waals surface area contributed by atoms with Gasteiger partial charge in [0.05, 0.1) is 0 Å². The first kappa shape index (κ1) is 8.88. The molecule has 2 N–H and O–H groups in total. The Kier molecular flexibility index (Phi) is 2.27. The van der Waals surface area contributed by atoms with Crippen LogP contribution in [-0.4, -0.2) is 11.7 Å².